The normalized spacial score (nSPS) is 24.4. The van der Waals surface area contributed by atoms with Crippen molar-refractivity contribution in [1.82, 2.24) is 4.90 Å². The number of likely N-dealkylation sites (tertiary alicyclic amines) is 1. The monoisotopic (exact) mass is 133 g/mol. The van der Waals surface area contributed by atoms with E-state index in [1.165, 1.54) is 6.20 Å². The second kappa shape index (κ2) is 1.97. The lowest BCUT2D eigenvalue weighted by atomic mass is 10.4. The molecule has 0 aliphatic carbocycles. The first-order valence-corrected chi connectivity index (χ1v) is 2.94. The molecule has 0 N–H and O–H groups in total. The van der Waals surface area contributed by atoms with Crippen LogP contribution in [-0.4, -0.2) is 17.5 Å². The fourth-order valence-electron chi connectivity index (χ4n) is 0.994. The minimum Gasteiger partial charge on any atom is -0.321 e. The van der Waals surface area contributed by atoms with E-state index in [2.05, 4.69) is 6.58 Å². The van der Waals surface area contributed by atoms with Crippen molar-refractivity contribution in [2.45, 2.75) is 18.9 Å². The highest BCUT2D eigenvalue weighted by atomic mass is 19.3. The standard InChI is InChI=1S/C6H9F2N/c1-2-9-5-3-4-6(9,7)8/h2H,1,3-5H2. The third kappa shape index (κ3) is 1.04. The summed E-state index contributed by atoms with van der Waals surface area (Å²) in [6.45, 7) is 3.73. The Balaban J connectivity index is 2.62. The van der Waals surface area contributed by atoms with Gasteiger partial charge in [-0.25, -0.2) is 0 Å². The van der Waals surface area contributed by atoms with Crippen LogP contribution in [-0.2, 0) is 0 Å². The second-order valence-electron chi connectivity index (χ2n) is 2.15. The first kappa shape index (κ1) is 6.52. The molecule has 1 aliphatic heterocycles. The molecular weight excluding hydrogens is 124 g/mol. The first-order chi connectivity index (χ1) is 4.17. The van der Waals surface area contributed by atoms with Crippen LogP contribution < -0.4 is 0 Å². The Morgan fingerprint density at radius 1 is 1.56 bits per heavy atom. The maximum absolute atomic E-state index is 12.5. The lowest BCUT2D eigenvalue weighted by molar-refractivity contribution is -0.0938. The summed E-state index contributed by atoms with van der Waals surface area (Å²) in [5.41, 5.74) is 0. The van der Waals surface area contributed by atoms with E-state index < -0.39 is 6.05 Å². The Kier molecular flexibility index (Phi) is 1.43. The van der Waals surface area contributed by atoms with Crippen LogP contribution in [0.1, 0.15) is 12.8 Å². The van der Waals surface area contributed by atoms with Crippen molar-refractivity contribution in [2.75, 3.05) is 6.54 Å². The third-order valence-electron chi connectivity index (χ3n) is 1.52. The van der Waals surface area contributed by atoms with Gasteiger partial charge in [-0.3, -0.25) is 0 Å². The Hall–Kier alpha value is -0.600. The van der Waals surface area contributed by atoms with Crippen molar-refractivity contribution in [3.8, 4) is 0 Å². The number of hydrogen-bond acceptors (Lipinski definition) is 1. The summed E-state index contributed by atoms with van der Waals surface area (Å²) < 4.78 is 24.9. The van der Waals surface area contributed by atoms with Gasteiger partial charge in [-0.15, -0.1) is 0 Å². The molecule has 0 bridgehead atoms. The van der Waals surface area contributed by atoms with E-state index >= 15 is 0 Å². The fourth-order valence-corrected chi connectivity index (χ4v) is 0.994. The zero-order valence-corrected chi connectivity index (χ0v) is 5.11. The van der Waals surface area contributed by atoms with Gasteiger partial charge in [0.05, 0.1) is 0 Å². The molecule has 0 unspecified atom stereocenters. The molecule has 9 heavy (non-hydrogen) atoms. The topological polar surface area (TPSA) is 3.24 Å². The highest BCUT2D eigenvalue weighted by molar-refractivity contribution is 4.84. The van der Waals surface area contributed by atoms with E-state index in [0.717, 1.165) is 4.90 Å². The molecule has 0 saturated carbocycles. The van der Waals surface area contributed by atoms with Crippen LogP contribution in [0.2, 0.25) is 0 Å². The molecular formula is C6H9F2N. The van der Waals surface area contributed by atoms with E-state index in [0.29, 0.717) is 13.0 Å². The van der Waals surface area contributed by atoms with E-state index in [4.69, 9.17) is 0 Å². The zero-order chi connectivity index (χ0) is 6.91. The number of halogens is 2. The summed E-state index contributed by atoms with van der Waals surface area (Å²) in [6.07, 6.45) is 1.74. The van der Waals surface area contributed by atoms with Crippen molar-refractivity contribution in [3.05, 3.63) is 12.8 Å². The highest BCUT2D eigenvalue weighted by Crippen LogP contribution is 2.31. The van der Waals surface area contributed by atoms with Gasteiger partial charge < -0.3 is 4.90 Å². The molecule has 1 nitrogen and oxygen atoms in total. The molecule has 0 aromatic carbocycles. The lowest BCUT2D eigenvalue weighted by Crippen LogP contribution is -2.30. The SMILES string of the molecule is C=CN1CCCC1(F)F. The van der Waals surface area contributed by atoms with Crippen LogP contribution >= 0.6 is 0 Å². The Labute approximate surface area is 53.0 Å². The van der Waals surface area contributed by atoms with Crippen LogP contribution in [0.15, 0.2) is 12.8 Å². The summed E-state index contributed by atoms with van der Waals surface area (Å²) in [5, 5.41) is 0. The minimum absolute atomic E-state index is 0.0288. The molecule has 0 radical (unpaired) electrons. The summed E-state index contributed by atoms with van der Waals surface area (Å²) >= 11 is 0. The molecule has 1 heterocycles. The van der Waals surface area contributed by atoms with Gasteiger partial charge in [0.25, 0.3) is 0 Å². The number of hydrogen-bond donors (Lipinski definition) is 0. The highest BCUT2D eigenvalue weighted by Gasteiger charge is 2.38. The molecule has 1 aliphatic rings. The molecule has 3 heteroatoms. The van der Waals surface area contributed by atoms with Gasteiger partial charge in [-0.2, -0.15) is 8.78 Å². The van der Waals surface area contributed by atoms with Gasteiger partial charge in [0.15, 0.2) is 0 Å². The predicted octanol–water partition coefficient (Wildman–Crippen LogP) is 1.82. The van der Waals surface area contributed by atoms with Gasteiger partial charge in [-0.05, 0) is 12.6 Å². The van der Waals surface area contributed by atoms with Crippen molar-refractivity contribution in [3.63, 3.8) is 0 Å². The number of rotatable bonds is 1. The van der Waals surface area contributed by atoms with Crippen LogP contribution in [0.25, 0.3) is 0 Å². The maximum atomic E-state index is 12.5. The molecule has 1 rings (SSSR count). The Morgan fingerprint density at radius 2 is 2.22 bits per heavy atom. The summed E-state index contributed by atoms with van der Waals surface area (Å²) in [4.78, 5) is 0.979. The van der Waals surface area contributed by atoms with Crippen LogP contribution in [0.5, 0.6) is 0 Å². The molecule has 0 aromatic rings. The van der Waals surface area contributed by atoms with Gasteiger partial charge in [0.2, 0.25) is 0 Å². The van der Waals surface area contributed by atoms with Crippen molar-refractivity contribution in [1.29, 1.82) is 0 Å². The van der Waals surface area contributed by atoms with Crippen LogP contribution in [0, 0.1) is 0 Å². The van der Waals surface area contributed by atoms with E-state index in [1.807, 2.05) is 0 Å². The number of alkyl halides is 2. The second-order valence-corrected chi connectivity index (χ2v) is 2.15. The molecule has 0 aromatic heterocycles. The van der Waals surface area contributed by atoms with Crippen LogP contribution in [0.3, 0.4) is 0 Å². The lowest BCUT2D eigenvalue weighted by Gasteiger charge is -2.20. The Bertz CT molecular complexity index is 122. The quantitative estimate of drug-likeness (QED) is 0.493. The minimum atomic E-state index is -2.62. The third-order valence-corrected chi connectivity index (χ3v) is 1.52. The van der Waals surface area contributed by atoms with E-state index in [-0.39, 0.29) is 6.42 Å². The van der Waals surface area contributed by atoms with Gasteiger partial charge in [-0.1, -0.05) is 6.58 Å². The maximum Gasteiger partial charge on any atom is 0.325 e. The van der Waals surface area contributed by atoms with Crippen molar-refractivity contribution in [2.24, 2.45) is 0 Å². The molecule has 1 fully saturated rings. The van der Waals surface area contributed by atoms with Gasteiger partial charge in [0.1, 0.15) is 0 Å². The van der Waals surface area contributed by atoms with Crippen LogP contribution in [0.4, 0.5) is 8.78 Å². The fraction of sp³-hybridized carbons (Fsp3) is 0.667. The van der Waals surface area contributed by atoms with E-state index in [9.17, 15) is 8.78 Å². The molecule has 0 amide bonds. The van der Waals surface area contributed by atoms with Crippen molar-refractivity contribution < 1.29 is 8.78 Å². The molecule has 0 atom stereocenters. The van der Waals surface area contributed by atoms with E-state index in [1.54, 1.807) is 0 Å². The molecule has 52 valence electrons. The smallest absolute Gasteiger partial charge is 0.321 e. The average molecular weight is 133 g/mol. The summed E-state index contributed by atoms with van der Waals surface area (Å²) in [6, 6.07) is -2.62. The molecule has 1 saturated heterocycles. The first-order valence-electron chi connectivity index (χ1n) is 2.94. The summed E-state index contributed by atoms with van der Waals surface area (Å²) in [5.74, 6) is 0. The van der Waals surface area contributed by atoms with Crippen molar-refractivity contribution >= 4 is 0 Å². The number of nitrogens with zero attached hydrogens (tertiary/aromatic N) is 1. The summed E-state index contributed by atoms with van der Waals surface area (Å²) in [7, 11) is 0. The Morgan fingerprint density at radius 3 is 2.44 bits per heavy atom. The largest absolute Gasteiger partial charge is 0.325 e. The van der Waals surface area contributed by atoms with Gasteiger partial charge >= 0.3 is 6.05 Å². The zero-order valence-electron chi connectivity index (χ0n) is 5.11. The molecule has 0 spiro atoms. The van der Waals surface area contributed by atoms with Gasteiger partial charge in [0, 0.05) is 13.0 Å². The predicted molar refractivity (Wildman–Crippen MR) is 31.1 cm³/mol. The average Bonchev–Trinajstić information content (AvgIpc) is 2.08.